The predicted octanol–water partition coefficient (Wildman–Crippen LogP) is 3.78. The van der Waals surface area contributed by atoms with E-state index in [1.807, 2.05) is 31.2 Å². The molecule has 21 heavy (non-hydrogen) atoms. The summed E-state index contributed by atoms with van der Waals surface area (Å²) < 4.78 is 5.41. The van der Waals surface area contributed by atoms with Crippen LogP contribution in [-0.2, 0) is 0 Å². The number of ether oxygens (including phenoxy) is 1. The summed E-state index contributed by atoms with van der Waals surface area (Å²) in [5.41, 5.74) is 0.772. The number of benzene rings is 1. The van der Waals surface area contributed by atoms with Gasteiger partial charge in [-0.1, -0.05) is 19.8 Å². The molecule has 2 rings (SSSR count). The molecule has 1 aliphatic carbocycles. The number of likely N-dealkylation sites (N-methyl/N-ethyl adjacent to an activating group) is 1. The van der Waals surface area contributed by atoms with E-state index in [-0.39, 0.29) is 5.78 Å². The van der Waals surface area contributed by atoms with Crippen molar-refractivity contribution in [3.8, 4) is 5.75 Å². The van der Waals surface area contributed by atoms with E-state index in [9.17, 15) is 4.79 Å². The number of hydrogen-bond donors (Lipinski definition) is 0. The van der Waals surface area contributed by atoms with Gasteiger partial charge in [0.2, 0.25) is 0 Å². The van der Waals surface area contributed by atoms with Crippen molar-refractivity contribution < 1.29 is 9.53 Å². The highest BCUT2D eigenvalue weighted by molar-refractivity contribution is 5.97. The normalized spacial score (nSPS) is 22.3. The van der Waals surface area contributed by atoms with Gasteiger partial charge in [-0.15, -0.1) is 0 Å². The second-order valence-corrected chi connectivity index (χ2v) is 6.22. The lowest BCUT2D eigenvalue weighted by Crippen LogP contribution is -2.38. The van der Waals surface area contributed by atoms with Crippen molar-refractivity contribution in [1.82, 2.24) is 4.90 Å². The standard InChI is InChI=1S/C18H27NO2/c1-4-21-17-10-8-15(9-11-17)18(20)13-19(3)16-7-5-6-14(2)12-16/h8-11,14,16H,4-7,12-13H2,1-3H3. The van der Waals surface area contributed by atoms with Crippen LogP contribution in [0.25, 0.3) is 0 Å². The number of rotatable bonds is 6. The lowest BCUT2D eigenvalue weighted by atomic mass is 9.86. The van der Waals surface area contributed by atoms with Gasteiger partial charge in [0, 0.05) is 11.6 Å². The van der Waals surface area contributed by atoms with Gasteiger partial charge in [0.15, 0.2) is 5.78 Å². The number of carbonyl (C=O) groups is 1. The third-order valence-electron chi connectivity index (χ3n) is 4.41. The molecule has 0 radical (unpaired) electrons. The minimum atomic E-state index is 0.193. The van der Waals surface area contributed by atoms with Crippen molar-refractivity contribution in [3.05, 3.63) is 29.8 Å². The SMILES string of the molecule is CCOc1ccc(C(=O)CN(C)C2CCCC(C)C2)cc1. The largest absolute Gasteiger partial charge is 0.494 e. The minimum Gasteiger partial charge on any atom is -0.494 e. The Labute approximate surface area is 128 Å². The summed E-state index contributed by atoms with van der Waals surface area (Å²) in [5.74, 6) is 1.80. The molecule has 0 aromatic heterocycles. The van der Waals surface area contributed by atoms with Crippen LogP contribution >= 0.6 is 0 Å². The van der Waals surface area contributed by atoms with E-state index >= 15 is 0 Å². The highest BCUT2D eigenvalue weighted by Crippen LogP contribution is 2.26. The molecule has 3 nitrogen and oxygen atoms in total. The van der Waals surface area contributed by atoms with Gasteiger partial charge >= 0.3 is 0 Å². The van der Waals surface area contributed by atoms with Gasteiger partial charge < -0.3 is 4.74 Å². The molecule has 116 valence electrons. The van der Waals surface area contributed by atoms with Crippen LogP contribution in [-0.4, -0.2) is 36.9 Å². The first-order chi connectivity index (χ1) is 10.1. The number of hydrogen-bond acceptors (Lipinski definition) is 3. The molecule has 1 aliphatic rings. The zero-order valence-corrected chi connectivity index (χ0v) is 13.5. The Balaban J connectivity index is 1.90. The number of carbonyl (C=O) groups excluding carboxylic acids is 1. The molecule has 0 bridgehead atoms. The topological polar surface area (TPSA) is 29.5 Å². The third kappa shape index (κ3) is 4.57. The van der Waals surface area contributed by atoms with Gasteiger partial charge in [-0.25, -0.2) is 0 Å². The summed E-state index contributed by atoms with van der Waals surface area (Å²) in [7, 11) is 2.08. The van der Waals surface area contributed by atoms with E-state index < -0.39 is 0 Å². The fraction of sp³-hybridized carbons (Fsp3) is 0.611. The molecule has 0 N–H and O–H groups in total. The molecule has 0 aliphatic heterocycles. The van der Waals surface area contributed by atoms with Gasteiger partial charge in [0.25, 0.3) is 0 Å². The molecule has 0 heterocycles. The Morgan fingerprint density at radius 1 is 1.29 bits per heavy atom. The number of Topliss-reactive ketones (excluding diaryl/α,β-unsaturated/α-hetero) is 1. The van der Waals surface area contributed by atoms with Crippen LogP contribution in [0.3, 0.4) is 0 Å². The van der Waals surface area contributed by atoms with Crippen LogP contribution in [0.5, 0.6) is 5.75 Å². The first-order valence-electron chi connectivity index (χ1n) is 8.06. The van der Waals surface area contributed by atoms with Crippen molar-refractivity contribution in [1.29, 1.82) is 0 Å². The quantitative estimate of drug-likeness (QED) is 0.746. The Bertz CT molecular complexity index is 455. The van der Waals surface area contributed by atoms with Crippen LogP contribution < -0.4 is 4.74 Å². The van der Waals surface area contributed by atoms with Crippen molar-refractivity contribution in [2.24, 2.45) is 5.92 Å². The molecule has 2 unspecified atom stereocenters. The first kappa shape index (κ1) is 16.0. The molecule has 1 aromatic rings. The fourth-order valence-corrected chi connectivity index (χ4v) is 3.15. The number of nitrogens with zero attached hydrogens (tertiary/aromatic N) is 1. The van der Waals surface area contributed by atoms with Crippen LogP contribution in [0.2, 0.25) is 0 Å². The van der Waals surface area contributed by atoms with Crippen molar-refractivity contribution in [3.63, 3.8) is 0 Å². The lowest BCUT2D eigenvalue weighted by Gasteiger charge is -2.33. The summed E-state index contributed by atoms with van der Waals surface area (Å²) in [6.45, 7) is 5.43. The predicted molar refractivity (Wildman–Crippen MR) is 86.0 cm³/mol. The Kier molecular flexibility index (Phi) is 5.80. The summed E-state index contributed by atoms with van der Waals surface area (Å²) in [6.07, 6.45) is 5.05. The zero-order chi connectivity index (χ0) is 15.2. The van der Waals surface area contributed by atoms with Crippen molar-refractivity contribution in [2.45, 2.75) is 45.6 Å². The molecular weight excluding hydrogens is 262 g/mol. The second-order valence-electron chi connectivity index (χ2n) is 6.22. The van der Waals surface area contributed by atoms with E-state index in [4.69, 9.17) is 4.74 Å². The van der Waals surface area contributed by atoms with Gasteiger partial charge in [-0.05, 0) is 57.0 Å². The maximum atomic E-state index is 12.4. The number of ketones is 1. The molecule has 0 spiro atoms. The molecule has 1 saturated carbocycles. The maximum Gasteiger partial charge on any atom is 0.176 e. The van der Waals surface area contributed by atoms with E-state index in [2.05, 4.69) is 18.9 Å². The van der Waals surface area contributed by atoms with Gasteiger partial charge in [-0.3, -0.25) is 9.69 Å². The van der Waals surface area contributed by atoms with Crippen molar-refractivity contribution in [2.75, 3.05) is 20.2 Å². The molecule has 1 fully saturated rings. The van der Waals surface area contributed by atoms with Crippen LogP contribution in [0, 0.1) is 5.92 Å². The van der Waals surface area contributed by atoms with E-state index in [1.165, 1.54) is 25.7 Å². The molecule has 3 heteroatoms. The molecule has 0 saturated heterocycles. The Morgan fingerprint density at radius 2 is 2.00 bits per heavy atom. The monoisotopic (exact) mass is 289 g/mol. The summed E-state index contributed by atoms with van der Waals surface area (Å²) >= 11 is 0. The van der Waals surface area contributed by atoms with Crippen LogP contribution in [0.1, 0.15) is 49.9 Å². The Hall–Kier alpha value is -1.35. The van der Waals surface area contributed by atoms with Crippen LogP contribution in [0.4, 0.5) is 0 Å². The smallest absolute Gasteiger partial charge is 0.176 e. The highest BCUT2D eigenvalue weighted by atomic mass is 16.5. The molecule has 0 amide bonds. The first-order valence-corrected chi connectivity index (χ1v) is 8.06. The van der Waals surface area contributed by atoms with Crippen LogP contribution in [0.15, 0.2) is 24.3 Å². The van der Waals surface area contributed by atoms with Crippen molar-refractivity contribution >= 4 is 5.78 Å². The van der Waals surface area contributed by atoms with E-state index in [0.29, 0.717) is 19.2 Å². The highest BCUT2D eigenvalue weighted by Gasteiger charge is 2.23. The summed E-state index contributed by atoms with van der Waals surface area (Å²) in [4.78, 5) is 14.6. The lowest BCUT2D eigenvalue weighted by molar-refractivity contribution is 0.0882. The fourth-order valence-electron chi connectivity index (χ4n) is 3.15. The van der Waals surface area contributed by atoms with Gasteiger partial charge in [0.05, 0.1) is 13.2 Å². The molecule has 1 aromatic carbocycles. The van der Waals surface area contributed by atoms with Gasteiger partial charge in [0.1, 0.15) is 5.75 Å². The third-order valence-corrected chi connectivity index (χ3v) is 4.41. The van der Waals surface area contributed by atoms with Gasteiger partial charge in [-0.2, -0.15) is 0 Å². The maximum absolute atomic E-state index is 12.4. The zero-order valence-electron chi connectivity index (χ0n) is 13.5. The van der Waals surface area contributed by atoms with E-state index in [1.54, 1.807) is 0 Å². The average molecular weight is 289 g/mol. The molecular formula is C18H27NO2. The summed E-state index contributed by atoms with van der Waals surface area (Å²) in [6, 6.07) is 8.04. The van der Waals surface area contributed by atoms with E-state index in [0.717, 1.165) is 17.2 Å². The molecule has 2 atom stereocenters. The second kappa shape index (κ2) is 7.60. The minimum absolute atomic E-state index is 0.193. The summed E-state index contributed by atoms with van der Waals surface area (Å²) in [5, 5.41) is 0. The average Bonchev–Trinajstić information content (AvgIpc) is 2.48. The Morgan fingerprint density at radius 3 is 2.62 bits per heavy atom.